The minimum absolute atomic E-state index is 0.0205. The first-order valence-electron chi connectivity index (χ1n) is 9.15. The van der Waals surface area contributed by atoms with Gasteiger partial charge in [-0.3, -0.25) is 4.79 Å². The second-order valence-corrected chi connectivity index (χ2v) is 7.51. The third-order valence-electron chi connectivity index (χ3n) is 5.83. The zero-order valence-corrected chi connectivity index (χ0v) is 14.6. The number of fused-ring (bicyclic) bond motifs is 1. The average molecular weight is 336 g/mol. The molecular weight excluding hydrogens is 312 g/mol. The molecule has 25 heavy (non-hydrogen) atoms. The highest BCUT2D eigenvalue weighted by Crippen LogP contribution is 2.53. The molecule has 1 aliphatic carbocycles. The highest BCUT2D eigenvalue weighted by molar-refractivity contribution is 5.83. The van der Waals surface area contributed by atoms with Gasteiger partial charge >= 0.3 is 5.97 Å². The molecule has 3 nitrogen and oxygen atoms in total. The van der Waals surface area contributed by atoms with Gasteiger partial charge in [-0.05, 0) is 61.3 Å². The number of carboxylic acid groups (broad SMARTS) is 1. The molecule has 2 aromatic rings. The second kappa shape index (κ2) is 6.21. The summed E-state index contributed by atoms with van der Waals surface area (Å²) in [6.07, 6.45) is 4.23. The number of carbonyl (C=O) groups is 1. The summed E-state index contributed by atoms with van der Waals surface area (Å²) in [6.45, 7) is 2.60. The van der Waals surface area contributed by atoms with Crippen LogP contribution in [0.25, 0.3) is 0 Å². The smallest absolute Gasteiger partial charge is 0.314 e. The van der Waals surface area contributed by atoms with Crippen molar-refractivity contribution in [2.24, 2.45) is 5.92 Å². The fourth-order valence-corrected chi connectivity index (χ4v) is 4.27. The Balaban J connectivity index is 1.82. The van der Waals surface area contributed by atoms with E-state index in [4.69, 9.17) is 4.74 Å². The highest BCUT2D eigenvalue weighted by Gasteiger charge is 2.50. The standard InChI is InChI=1S/C22H24O3/c1-22(21(23)24,18-12-11-15-8-5-13-25-19(15)14-18)20(17-9-10-17)16-6-3-2-4-7-16/h2-4,6-7,11-12,14,17,20H,5,8-10,13H2,1H3,(H,23,24). The molecule has 2 aromatic carbocycles. The maximum atomic E-state index is 12.5. The lowest BCUT2D eigenvalue weighted by Crippen LogP contribution is -2.40. The van der Waals surface area contributed by atoms with Crippen molar-refractivity contribution in [1.82, 2.24) is 0 Å². The van der Waals surface area contributed by atoms with Crippen molar-refractivity contribution in [2.75, 3.05) is 6.61 Å². The summed E-state index contributed by atoms with van der Waals surface area (Å²) in [7, 11) is 0. The van der Waals surface area contributed by atoms with Crippen LogP contribution in [0, 0.1) is 5.92 Å². The lowest BCUT2D eigenvalue weighted by Gasteiger charge is -2.36. The number of hydrogen-bond donors (Lipinski definition) is 1. The van der Waals surface area contributed by atoms with Crippen molar-refractivity contribution in [3.8, 4) is 5.75 Å². The molecule has 130 valence electrons. The summed E-state index contributed by atoms with van der Waals surface area (Å²) in [5, 5.41) is 10.3. The Morgan fingerprint density at radius 1 is 1.20 bits per heavy atom. The molecule has 0 aromatic heterocycles. The normalized spacial score (nSPS) is 20.0. The fraction of sp³-hybridized carbons (Fsp3) is 0.409. The predicted molar refractivity (Wildman–Crippen MR) is 97.2 cm³/mol. The summed E-state index contributed by atoms with van der Waals surface area (Å²) in [5.41, 5.74) is 2.19. The van der Waals surface area contributed by atoms with Gasteiger partial charge in [-0.15, -0.1) is 0 Å². The number of ether oxygens (including phenoxy) is 1. The molecule has 0 saturated heterocycles. The Kier molecular flexibility index (Phi) is 4.03. The first kappa shape index (κ1) is 16.2. The van der Waals surface area contributed by atoms with Crippen LogP contribution in [0.3, 0.4) is 0 Å². The number of rotatable bonds is 5. The number of hydrogen-bond acceptors (Lipinski definition) is 2. The fourth-order valence-electron chi connectivity index (χ4n) is 4.27. The summed E-state index contributed by atoms with van der Waals surface area (Å²) in [6, 6.07) is 16.2. The van der Waals surface area contributed by atoms with E-state index in [1.807, 2.05) is 37.3 Å². The molecule has 3 heteroatoms. The van der Waals surface area contributed by atoms with E-state index in [0.29, 0.717) is 12.5 Å². The minimum Gasteiger partial charge on any atom is -0.493 e. The zero-order valence-electron chi connectivity index (χ0n) is 14.6. The highest BCUT2D eigenvalue weighted by atomic mass is 16.5. The molecule has 1 N–H and O–H groups in total. The largest absolute Gasteiger partial charge is 0.493 e. The predicted octanol–water partition coefficient (Wildman–Crippen LogP) is 4.55. The van der Waals surface area contributed by atoms with E-state index in [1.54, 1.807) is 0 Å². The molecule has 0 bridgehead atoms. The molecule has 0 amide bonds. The van der Waals surface area contributed by atoms with Crippen molar-refractivity contribution >= 4 is 5.97 Å². The molecule has 4 rings (SSSR count). The molecule has 0 radical (unpaired) electrons. The average Bonchev–Trinajstić information content (AvgIpc) is 3.47. The lowest BCUT2D eigenvalue weighted by atomic mass is 9.66. The van der Waals surface area contributed by atoms with Crippen molar-refractivity contribution in [3.63, 3.8) is 0 Å². The monoisotopic (exact) mass is 336 g/mol. The van der Waals surface area contributed by atoms with Crippen molar-refractivity contribution in [1.29, 1.82) is 0 Å². The maximum Gasteiger partial charge on any atom is 0.314 e. The maximum absolute atomic E-state index is 12.5. The van der Waals surface area contributed by atoms with Crippen LogP contribution < -0.4 is 4.74 Å². The van der Waals surface area contributed by atoms with Crippen LogP contribution in [0.4, 0.5) is 0 Å². The summed E-state index contributed by atoms with van der Waals surface area (Å²) < 4.78 is 5.81. The van der Waals surface area contributed by atoms with Gasteiger partial charge in [0.15, 0.2) is 0 Å². The van der Waals surface area contributed by atoms with Gasteiger partial charge in [0, 0.05) is 5.92 Å². The summed E-state index contributed by atoms with van der Waals surface area (Å²) >= 11 is 0. The first-order valence-corrected chi connectivity index (χ1v) is 9.15. The van der Waals surface area contributed by atoms with Crippen molar-refractivity contribution in [3.05, 3.63) is 65.2 Å². The minimum atomic E-state index is -0.960. The van der Waals surface area contributed by atoms with Crippen molar-refractivity contribution in [2.45, 2.75) is 43.9 Å². The number of carboxylic acids is 1. The van der Waals surface area contributed by atoms with E-state index in [-0.39, 0.29) is 5.92 Å². The Labute approximate surface area is 148 Å². The molecule has 2 unspecified atom stereocenters. The van der Waals surface area contributed by atoms with Gasteiger partial charge in [0.2, 0.25) is 0 Å². The number of aliphatic carboxylic acids is 1. The van der Waals surface area contributed by atoms with E-state index in [1.165, 1.54) is 5.56 Å². The molecular formula is C22H24O3. The Morgan fingerprint density at radius 2 is 1.96 bits per heavy atom. The quantitative estimate of drug-likeness (QED) is 0.871. The van der Waals surface area contributed by atoms with Crippen LogP contribution >= 0.6 is 0 Å². The third kappa shape index (κ3) is 2.82. The SMILES string of the molecule is CC(C(=O)O)(c1ccc2c(c1)OCCC2)C(c1ccccc1)C1CC1. The molecule has 1 saturated carbocycles. The van der Waals surface area contributed by atoms with Gasteiger partial charge in [-0.2, -0.15) is 0 Å². The second-order valence-electron chi connectivity index (χ2n) is 7.51. The Bertz CT molecular complexity index is 779. The molecule has 1 fully saturated rings. The Hall–Kier alpha value is -2.29. The summed E-state index contributed by atoms with van der Waals surface area (Å²) in [5.74, 6) is 0.510. The van der Waals surface area contributed by atoms with Gasteiger partial charge in [-0.25, -0.2) is 0 Å². The lowest BCUT2D eigenvalue weighted by molar-refractivity contribution is -0.144. The van der Waals surface area contributed by atoms with Crippen LogP contribution in [-0.4, -0.2) is 17.7 Å². The van der Waals surface area contributed by atoms with Crippen LogP contribution in [0.15, 0.2) is 48.5 Å². The Morgan fingerprint density at radius 3 is 2.64 bits per heavy atom. The molecule has 1 aliphatic heterocycles. The zero-order chi connectivity index (χ0) is 17.4. The third-order valence-corrected chi connectivity index (χ3v) is 5.83. The van der Waals surface area contributed by atoms with Gasteiger partial charge in [-0.1, -0.05) is 42.5 Å². The molecule has 1 heterocycles. The van der Waals surface area contributed by atoms with E-state index >= 15 is 0 Å². The van der Waals surface area contributed by atoms with Gasteiger partial charge < -0.3 is 9.84 Å². The van der Waals surface area contributed by atoms with E-state index in [2.05, 4.69) is 18.2 Å². The first-order chi connectivity index (χ1) is 12.1. The molecule has 0 spiro atoms. The van der Waals surface area contributed by atoms with Crippen LogP contribution in [0.2, 0.25) is 0 Å². The summed E-state index contributed by atoms with van der Waals surface area (Å²) in [4.78, 5) is 12.5. The van der Waals surface area contributed by atoms with E-state index in [9.17, 15) is 9.90 Å². The van der Waals surface area contributed by atoms with Gasteiger partial charge in [0.25, 0.3) is 0 Å². The van der Waals surface area contributed by atoms with Crippen LogP contribution in [0.1, 0.15) is 48.8 Å². The topological polar surface area (TPSA) is 46.5 Å². The van der Waals surface area contributed by atoms with Crippen molar-refractivity contribution < 1.29 is 14.6 Å². The van der Waals surface area contributed by atoms with Crippen LogP contribution in [0.5, 0.6) is 5.75 Å². The van der Waals surface area contributed by atoms with Gasteiger partial charge in [0.1, 0.15) is 5.75 Å². The van der Waals surface area contributed by atoms with Gasteiger partial charge in [0.05, 0.1) is 12.0 Å². The van der Waals surface area contributed by atoms with E-state index in [0.717, 1.165) is 42.6 Å². The van der Waals surface area contributed by atoms with E-state index < -0.39 is 11.4 Å². The number of aryl methyl sites for hydroxylation is 1. The molecule has 2 atom stereocenters. The molecule has 2 aliphatic rings. The van der Waals surface area contributed by atoms with Crippen LogP contribution in [-0.2, 0) is 16.6 Å². The number of benzene rings is 2.